The molecule has 132 valence electrons. The van der Waals surface area contributed by atoms with Gasteiger partial charge in [-0.25, -0.2) is 14.8 Å². The van der Waals surface area contributed by atoms with Crippen molar-refractivity contribution in [2.75, 3.05) is 5.75 Å². The van der Waals surface area contributed by atoms with Gasteiger partial charge in [0.2, 0.25) is 0 Å². The summed E-state index contributed by atoms with van der Waals surface area (Å²) in [5, 5.41) is 12.4. The number of hydrogen-bond donors (Lipinski definition) is 2. The minimum Gasteiger partial charge on any atom is -0.480 e. The minimum absolute atomic E-state index is 0.132. The normalized spacial score (nSPS) is 11.8. The second-order valence-corrected chi connectivity index (χ2v) is 7.17. The summed E-state index contributed by atoms with van der Waals surface area (Å²) in [6.07, 6.45) is 2.67. The monoisotopic (exact) mass is 423 g/mol. The highest BCUT2D eigenvalue weighted by atomic mass is 79.9. The topological polar surface area (TPSA) is 92.2 Å². The molecule has 1 atom stereocenters. The number of halogens is 1. The first-order chi connectivity index (χ1) is 12.0. The van der Waals surface area contributed by atoms with Gasteiger partial charge in [-0.15, -0.1) is 0 Å². The van der Waals surface area contributed by atoms with Crippen molar-refractivity contribution in [1.82, 2.24) is 15.3 Å². The average Bonchev–Trinajstić information content (AvgIpc) is 2.61. The summed E-state index contributed by atoms with van der Waals surface area (Å²) < 4.78 is 0.426. The number of aliphatic carboxylic acids is 1. The maximum Gasteiger partial charge on any atom is 0.326 e. The van der Waals surface area contributed by atoms with E-state index in [4.69, 9.17) is 0 Å². The molecule has 0 unspecified atom stereocenters. The van der Waals surface area contributed by atoms with Gasteiger partial charge in [-0.3, -0.25) is 4.79 Å². The Morgan fingerprint density at radius 1 is 1.32 bits per heavy atom. The average molecular weight is 424 g/mol. The molecule has 1 aromatic carbocycles. The van der Waals surface area contributed by atoms with Gasteiger partial charge in [0.05, 0.1) is 4.47 Å². The highest BCUT2D eigenvalue weighted by Crippen LogP contribution is 2.19. The van der Waals surface area contributed by atoms with E-state index in [2.05, 4.69) is 31.2 Å². The Balaban J connectivity index is 2.14. The fourth-order valence-electron chi connectivity index (χ4n) is 2.05. The van der Waals surface area contributed by atoms with Crippen molar-refractivity contribution in [3.63, 3.8) is 0 Å². The van der Waals surface area contributed by atoms with Crippen LogP contribution in [0.15, 0.2) is 46.2 Å². The fourth-order valence-corrected chi connectivity index (χ4v) is 3.09. The zero-order valence-corrected chi connectivity index (χ0v) is 16.0. The number of carboxylic acid groups (broad SMARTS) is 1. The number of hydrogen-bond acceptors (Lipinski definition) is 5. The number of carbonyl (C=O) groups is 2. The summed E-state index contributed by atoms with van der Waals surface area (Å²) in [6, 6.07) is 8.11. The Kier molecular flexibility index (Phi) is 7.39. The molecular formula is C17H18BrN3O3S. The maximum absolute atomic E-state index is 12.5. The van der Waals surface area contributed by atoms with E-state index >= 15 is 0 Å². The van der Waals surface area contributed by atoms with Crippen molar-refractivity contribution in [1.29, 1.82) is 0 Å². The van der Waals surface area contributed by atoms with E-state index in [0.717, 1.165) is 17.7 Å². The van der Waals surface area contributed by atoms with Gasteiger partial charge < -0.3 is 10.4 Å². The standard InChI is InChI=1S/C17H18BrN3O3S/c1-2-8-25-17-19-10-12(18)14(21-17)15(22)20-13(16(23)24)9-11-6-4-3-5-7-11/h3-7,10,13H,2,8-9H2,1H3,(H,20,22)(H,23,24)/t13-/m1/s1. The van der Waals surface area contributed by atoms with Gasteiger partial charge in [-0.05, 0) is 27.9 Å². The van der Waals surface area contributed by atoms with Crippen molar-refractivity contribution in [2.24, 2.45) is 0 Å². The summed E-state index contributed by atoms with van der Waals surface area (Å²) in [6.45, 7) is 2.04. The zero-order valence-electron chi connectivity index (χ0n) is 13.6. The molecule has 25 heavy (non-hydrogen) atoms. The smallest absolute Gasteiger partial charge is 0.326 e. The second-order valence-electron chi connectivity index (χ2n) is 5.25. The number of benzene rings is 1. The van der Waals surface area contributed by atoms with Crippen LogP contribution in [-0.2, 0) is 11.2 Å². The van der Waals surface area contributed by atoms with Gasteiger partial charge in [0.25, 0.3) is 5.91 Å². The highest BCUT2D eigenvalue weighted by Gasteiger charge is 2.23. The Bertz CT molecular complexity index is 743. The van der Waals surface area contributed by atoms with E-state index in [0.29, 0.717) is 9.63 Å². The number of thioether (sulfide) groups is 1. The SMILES string of the molecule is CCCSc1ncc(Br)c(C(=O)N[C@H](Cc2ccccc2)C(=O)O)n1. The summed E-state index contributed by atoms with van der Waals surface area (Å²) >= 11 is 4.70. The predicted octanol–water partition coefficient (Wildman–Crippen LogP) is 3.17. The molecule has 0 radical (unpaired) electrons. The number of carbonyl (C=O) groups excluding carboxylic acids is 1. The van der Waals surface area contributed by atoms with E-state index < -0.39 is 17.9 Å². The fraction of sp³-hybridized carbons (Fsp3) is 0.294. The van der Waals surface area contributed by atoms with Crippen LogP contribution in [0.25, 0.3) is 0 Å². The van der Waals surface area contributed by atoms with Crippen LogP contribution < -0.4 is 5.32 Å². The number of aromatic nitrogens is 2. The van der Waals surface area contributed by atoms with Crippen molar-refractivity contribution in [3.8, 4) is 0 Å². The van der Waals surface area contributed by atoms with E-state index in [1.807, 2.05) is 37.3 Å². The number of rotatable bonds is 8. The van der Waals surface area contributed by atoms with Crippen LogP contribution in [-0.4, -0.2) is 38.7 Å². The maximum atomic E-state index is 12.5. The van der Waals surface area contributed by atoms with E-state index in [1.54, 1.807) is 0 Å². The van der Waals surface area contributed by atoms with E-state index in [1.165, 1.54) is 18.0 Å². The third kappa shape index (κ3) is 5.82. The lowest BCUT2D eigenvalue weighted by Gasteiger charge is -2.15. The largest absolute Gasteiger partial charge is 0.480 e. The summed E-state index contributed by atoms with van der Waals surface area (Å²) in [5.74, 6) is -0.798. The van der Waals surface area contributed by atoms with Crippen LogP contribution in [0.2, 0.25) is 0 Å². The molecule has 0 fully saturated rings. The molecule has 0 aliphatic heterocycles. The van der Waals surface area contributed by atoms with Gasteiger partial charge >= 0.3 is 5.97 Å². The van der Waals surface area contributed by atoms with E-state index in [9.17, 15) is 14.7 Å². The molecule has 0 aliphatic rings. The molecule has 8 heteroatoms. The Morgan fingerprint density at radius 3 is 2.68 bits per heavy atom. The molecule has 0 spiro atoms. The van der Waals surface area contributed by atoms with Crippen molar-refractivity contribution < 1.29 is 14.7 Å². The molecule has 2 aromatic rings. The van der Waals surface area contributed by atoms with Gasteiger partial charge in [0.15, 0.2) is 5.16 Å². The highest BCUT2D eigenvalue weighted by molar-refractivity contribution is 9.10. The van der Waals surface area contributed by atoms with Crippen molar-refractivity contribution in [2.45, 2.75) is 31.0 Å². The molecule has 6 nitrogen and oxygen atoms in total. The molecule has 0 aliphatic carbocycles. The molecule has 2 rings (SSSR count). The van der Waals surface area contributed by atoms with Crippen LogP contribution in [0.1, 0.15) is 29.4 Å². The lowest BCUT2D eigenvalue weighted by atomic mass is 10.1. The van der Waals surface area contributed by atoms with Crippen LogP contribution in [0.4, 0.5) is 0 Å². The number of nitrogens with one attached hydrogen (secondary N) is 1. The number of nitrogens with zero attached hydrogens (tertiary/aromatic N) is 2. The summed E-state index contributed by atoms with van der Waals surface area (Å²) in [7, 11) is 0. The quantitative estimate of drug-likeness (QED) is 0.500. The van der Waals surface area contributed by atoms with Crippen molar-refractivity contribution in [3.05, 3.63) is 52.3 Å². The van der Waals surface area contributed by atoms with Gasteiger partial charge in [0, 0.05) is 18.4 Å². The van der Waals surface area contributed by atoms with Crippen LogP contribution in [0.3, 0.4) is 0 Å². The zero-order chi connectivity index (χ0) is 18.2. The minimum atomic E-state index is -1.09. The van der Waals surface area contributed by atoms with Crippen LogP contribution >= 0.6 is 27.7 Å². The first-order valence-corrected chi connectivity index (χ1v) is 9.52. The second kappa shape index (κ2) is 9.53. The predicted molar refractivity (Wildman–Crippen MR) is 99.8 cm³/mol. The lowest BCUT2D eigenvalue weighted by Crippen LogP contribution is -2.42. The van der Waals surface area contributed by atoms with Gasteiger partial charge in [-0.2, -0.15) is 0 Å². The molecule has 2 N–H and O–H groups in total. The van der Waals surface area contributed by atoms with Crippen LogP contribution in [0.5, 0.6) is 0 Å². The number of carboxylic acids is 1. The van der Waals surface area contributed by atoms with E-state index in [-0.39, 0.29) is 12.1 Å². The molecule has 1 aromatic heterocycles. The molecular weight excluding hydrogens is 406 g/mol. The first kappa shape index (κ1) is 19.4. The lowest BCUT2D eigenvalue weighted by molar-refractivity contribution is -0.139. The summed E-state index contributed by atoms with van der Waals surface area (Å²) in [5.41, 5.74) is 0.962. The Hall–Kier alpha value is -1.93. The Morgan fingerprint density at radius 2 is 2.04 bits per heavy atom. The van der Waals surface area contributed by atoms with Crippen molar-refractivity contribution >= 4 is 39.6 Å². The van der Waals surface area contributed by atoms with Gasteiger partial charge in [-0.1, -0.05) is 49.0 Å². The molecule has 0 saturated carbocycles. The Labute approximate surface area is 158 Å². The number of amides is 1. The first-order valence-electron chi connectivity index (χ1n) is 7.74. The van der Waals surface area contributed by atoms with Gasteiger partial charge in [0.1, 0.15) is 11.7 Å². The molecule has 0 saturated heterocycles. The summed E-state index contributed by atoms with van der Waals surface area (Å²) in [4.78, 5) is 32.4. The van der Waals surface area contributed by atoms with Crippen LogP contribution in [0, 0.1) is 0 Å². The molecule has 0 bridgehead atoms. The third-order valence-corrected chi connectivity index (χ3v) is 4.91. The third-order valence-electron chi connectivity index (χ3n) is 3.26. The molecule has 1 amide bonds. The molecule has 1 heterocycles.